The molecule has 1 rings (SSSR count). The Morgan fingerprint density at radius 1 is 1.47 bits per heavy atom. The minimum absolute atomic E-state index is 0.340. The third kappa shape index (κ3) is 5.60. The molecule has 0 fully saturated rings. The Balaban J connectivity index is 2.39. The number of hydrogen-bond donors (Lipinski definition) is 2. The fourth-order valence-corrected chi connectivity index (χ4v) is 1.60. The second kappa shape index (κ2) is 7.19. The summed E-state index contributed by atoms with van der Waals surface area (Å²) < 4.78 is 0. The third-order valence-corrected chi connectivity index (χ3v) is 2.86. The Hall–Kier alpha value is -1.20. The van der Waals surface area contributed by atoms with Crippen molar-refractivity contribution in [2.45, 2.75) is 6.92 Å². The summed E-state index contributed by atoms with van der Waals surface area (Å²) in [4.78, 5) is 5.14. The van der Waals surface area contributed by atoms with Crippen LogP contribution in [0.1, 0.15) is 12.5 Å². The maximum absolute atomic E-state index is 5.79. The number of hydrogen-bond acceptors (Lipinski definition) is 3. The van der Waals surface area contributed by atoms with Gasteiger partial charge in [-0.1, -0.05) is 28.9 Å². The first-order valence-corrected chi connectivity index (χ1v) is 6.39. The molecular formula is C11H15ClN3OS+. The molecule has 0 spiro atoms. The summed E-state index contributed by atoms with van der Waals surface area (Å²) in [6.45, 7) is 2.34. The minimum Gasteiger partial charge on any atom is -0.395 e. The number of nitrogens with zero attached hydrogens (tertiary/aromatic N) is 1. The second-order valence-corrected chi connectivity index (χ2v) is 4.87. The first-order chi connectivity index (χ1) is 8.09. The van der Waals surface area contributed by atoms with Gasteiger partial charge in [0.25, 0.3) is 5.17 Å². The summed E-state index contributed by atoms with van der Waals surface area (Å²) in [7, 11) is 0. The van der Waals surface area contributed by atoms with Crippen molar-refractivity contribution in [3.63, 3.8) is 0 Å². The standard InChI is InChI=1S/C11H14ClN3OS/c1-8(9-2-4-10(12)5-3-9)15-16-6-7-17-11(13)14/h2-5H,6-7H2,1H3,(H3,13,14)/p+1. The van der Waals surface area contributed by atoms with Crippen molar-refractivity contribution >= 4 is 34.2 Å². The molecule has 0 aliphatic rings. The highest BCUT2D eigenvalue weighted by atomic mass is 35.5. The number of benzene rings is 1. The van der Waals surface area contributed by atoms with Gasteiger partial charge < -0.3 is 4.84 Å². The molecule has 4 nitrogen and oxygen atoms in total. The Labute approximate surface area is 110 Å². The maximum atomic E-state index is 5.79. The molecule has 0 unspecified atom stereocenters. The fourth-order valence-electron chi connectivity index (χ4n) is 1.08. The zero-order chi connectivity index (χ0) is 12.7. The van der Waals surface area contributed by atoms with E-state index in [1.165, 1.54) is 11.8 Å². The van der Waals surface area contributed by atoms with E-state index >= 15 is 0 Å². The Bertz CT molecular complexity index is 406. The zero-order valence-electron chi connectivity index (χ0n) is 9.52. The van der Waals surface area contributed by atoms with E-state index in [1.807, 2.05) is 31.2 Å². The van der Waals surface area contributed by atoms with Gasteiger partial charge in [0.2, 0.25) is 0 Å². The van der Waals surface area contributed by atoms with Gasteiger partial charge in [0, 0.05) is 10.8 Å². The van der Waals surface area contributed by atoms with Crippen LogP contribution in [0.3, 0.4) is 0 Å². The molecule has 0 radical (unpaired) electrons. The maximum Gasteiger partial charge on any atom is 0.299 e. The van der Waals surface area contributed by atoms with Gasteiger partial charge in [-0.3, -0.25) is 11.1 Å². The van der Waals surface area contributed by atoms with Gasteiger partial charge in [-0.05, 0) is 36.4 Å². The lowest BCUT2D eigenvalue weighted by Gasteiger charge is -2.01. The molecule has 0 bridgehead atoms. The molecule has 0 saturated carbocycles. The van der Waals surface area contributed by atoms with Crippen LogP contribution in [0, 0.1) is 0 Å². The molecule has 0 heterocycles. The lowest BCUT2D eigenvalue weighted by atomic mass is 10.1. The van der Waals surface area contributed by atoms with Crippen LogP contribution >= 0.6 is 23.4 Å². The molecule has 0 aliphatic carbocycles. The van der Waals surface area contributed by atoms with Gasteiger partial charge in [0.1, 0.15) is 6.61 Å². The zero-order valence-corrected chi connectivity index (χ0v) is 11.1. The minimum atomic E-state index is 0.340. The normalized spacial score (nSPS) is 11.3. The molecule has 1 aromatic carbocycles. The highest BCUT2D eigenvalue weighted by Gasteiger charge is 1.99. The van der Waals surface area contributed by atoms with Crippen LogP contribution in [0.15, 0.2) is 29.4 Å². The molecule has 1 aromatic rings. The molecule has 17 heavy (non-hydrogen) atoms. The Morgan fingerprint density at radius 2 is 2.12 bits per heavy atom. The number of halogens is 1. The molecule has 0 amide bonds. The van der Waals surface area contributed by atoms with E-state index in [0.29, 0.717) is 22.6 Å². The topological polar surface area (TPSA) is 73.2 Å². The molecule has 0 saturated heterocycles. The van der Waals surface area contributed by atoms with E-state index in [2.05, 4.69) is 5.16 Å². The van der Waals surface area contributed by atoms with E-state index in [4.69, 9.17) is 27.6 Å². The smallest absolute Gasteiger partial charge is 0.299 e. The van der Waals surface area contributed by atoms with Crippen LogP contribution in [0.25, 0.3) is 0 Å². The number of nitrogens with two attached hydrogens (primary N) is 2. The molecule has 92 valence electrons. The van der Waals surface area contributed by atoms with Crippen LogP contribution < -0.4 is 11.1 Å². The average molecular weight is 273 g/mol. The number of amidine groups is 1. The summed E-state index contributed by atoms with van der Waals surface area (Å²) in [5.41, 5.74) is 7.07. The van der Waals surface area contributed by atoms with Crippen LogP contribution in [0.2, 0.25) is 5.02 Å². The van der Waals surface area contributed by atoms with E-state index in [0.717, 1.165) is 11.3 Å². The quantitative estimate of drug-likeness (QED) is 0.362. The van der Waals surface area contributed by atoms with Crippen LogP contribution in [0.4, 0.5) is 0 Å². The third-order valence-electron chi connectivity index (χ3n) is 1.91. The largest absolute Gasteiger partial charge is 0.395 e. The van der Waals surface area contributed by atoms with E-state index in [-0.39, 0.29) is 0 Å². The molecule has 6 heteroatoms. The first-order valence-electron chi connectivity index (χ1n) is 5.03. The lowest BCUT2D eigenvalue weighted by Crippen LogP contribution is -2.43. The van der Waals surface area contributed by atoms with E-state index in [9.17, 15) is 0 Å². The van der Waals surface area contributed by atoms with Crippen molar-refractivity contribution in [2.75, 3.05) is 12.4 Å². The number of rotatable bonds is 5. The molecule has 4 N–H and O–H groups in total. The van der Waals surface area contributed by atoms with Crippen molar-refractivity contribution < 1.29 is 10.2 Å². The first kappa shape index (κ1) is 13.9. The summed E-state index contributed by atoms with van der Waals surface area (Å²) in [5, 5.41) is 10.3. The Kier molecular flexibility index (Phi) is 5.86. The second-order valence-electron chi connectivity index (χ2n) is 3.27. The van der Waals surface area contributed by atoms with Crippen molar-refractivity contribution in [2.24, 2.45) is 10.9 Å². The van der Waals surface area contributed by atoms with Gasteiger partial charge in [0.15, 0.2) is 0 Å². The molecule has 0 aromatic heterocycles. The molecule has 0 atom stereocenters. The summed E-state index contributed by atoms with van der Waals surface area (Å²) in [5.74, 6) is 0.680. The summed E-state index contributed by atoms with van der Waals surface area (Å²) >= 11 is 7.13. The predicted molar refractivity (Wildman–Crippen MR) is 73.2 cm³/mol. The van der Waals surface area contributed by atoms with Crippen LogP contribution in [0.5, 0.6) is 0 Å². The van der Waals surface area contributed by atoms with Crippen molar-refractivity contribution in [3.05, 3.63) is 34.9 Å². The molecular weight excluding hydrogens is 258 g/mol. The monoisotopic (exact) mass is 272 g/mol. The lowest BCUT2D eigenvalue weighted by molar-refractivity contribution is -0.110. The van der Waals surface area contributed by atoms with Gasteiger partial charge in [-0.25, -0.2) is 0 Å². The van der Waals surface area contributed by atoms with E-state index < -0.39 is 0 Å². The summed E-state index contributed by atoms with van der Waals surface area (Å²) in [6, 6.07) is 7.42. The average Bonchev–Trinajstić information content (AvgIpc) is 2.29. The van der Waals surface area contributed by atoms with Crippen LogP contribution in [-0.4, -0.2) is 23.2 Å². The van der Waals surface area contributed by atoms with Gasteiger partial charge in [0.05, 0.1) is 5.71 Å². The highest BCUT2D eigenvalue weighted by molar-refractivity contribution is 8.13. The fraction of sp³-hybridized carbons (Fsp3) is 0.273. The molecule has 0 aliphatic heterocycles. The van der Waals surface area contributed by atoms with Crippen LogP contribution in [-0.2, 0) is 4.84 Å². The van der Waals surface area contributed by atoms with E-state index in [1.54, 1.807) is 0 Å². The highest BCUT2D eigenvalue weighted by Crippen LogP contribution is 2.10. The Morgan fingerprint density at radius 3 is 2.71 bits per heavy atom. The van der Waals surface area contributed by atoms with Crippen molar-refractivity contribution in [1.82, 2.24) is 0 Å². The predicted octanol–water partition coefficient (Wildman–Crippen LogP) is 0.888. The van der Waals surface area contributed by atoms with Crippen molar-refractivity contribution in [1.29, 1.82) is 0 Å². The number of thioether (sulfide) groups is 1. The van der Waals surface area contributed by atoms with Gasteiger partial charge in [-0.15, -0.1) is 0 Å². The van der Waals surface area contributed by atoms with Gasteiger partial charge >= 0.3 is 0 Å². The summed E-state index contributed by atoms with van der Waals surface area (Å²) in [6.07, 6.45) is 0. The SMILES string of the molecule is CC(=NOCCSC(N)=[NH2+])c1ccc(Cl)cc1. The van der Waals surface area contributed by atoms with Crippen molar-refractivity contribution in [3.8, 4) is 0 Å². The van der Waals surface area contributed by atoms with Gasteiger partial charge in [-0.2, -0.15) is 0 Å². The number of oxime groups is 1.